The van der Waals surface area contributed by atoms with Crippen LogP contribution in [0.4, 0.5) is 0 Å². The van der Waals surface area contributed by atoms with Gasteiger partial charge in [-0.2, -0.15) is 0 Å². The molecule has 0 heterocycles. The second kappa shape index (κ2) is 4.95. The van der Waals surface area contributed by atoms with E-state index in [1.54, 1.807) is 0 Å². The Kier molecular flexibility index (Phi) is 3.48. The van der Waals surface area contributed by atoms with Crippen molar-refractivity contribution in [3.05, 3.63) is 33.8 Å². The van der Waals surface area contributed by atoms with Gasteiger partial charge in [0.05, 0.1) is 0 Å². The second-order valence-electron chi connectivity index (χ2n) is 5.75. The fourth-order valence-corrected chi connectivity index (χ4v) is 3.67. The zero-order valence-corrected chi connectivity index (χ0v) is 12.2. The fraction of sp³-hybridized carbons (Fsp3) is 0.600. The quantitative estimate of drug-likeness (QED) is 0.875. The topological polar surface area (TPSA) is 32.3 Å². The first-order chi connectivity index (χ1) is 8.74. The van der Waals surface area contributed by atoms with Crippen molar-refractivity contribution < 1.29 is 5.11 Å². The lowest BCUT2D eigenvalue weighted by Crippen LogP contribution is -2.27. The fourth-order valence-electron chi connectivity index (χ4n) is 3.09. The number of fused-ring (bicyclic) bond motifs is 1. The molecule has 1 aromatic carbocycles. The SMILES string of the molecule is OCCC1(CNC2CCc3c(Br)cccc32)CC1. The number of halogens is 1. The van der Waals surface area contributed by atoms with Crippen molar-refractivity contribution in [3.63, 3.8) is 0 Å². The molecule has 98 valence electrons. The number of rotatable bonds is 5. The van der Waals surface area contributed by atoms with Gasteiger partial charge in [-0.05, 0) is 54.7 Å². The summed E-state index contributed by atoms with van der Waals surface area (Å²) in [5, 5.41) is 12.8. The molecule has 1 fully saturated rings. The van der Waals surface area contributed by atoms with Crippen molar-refractivity contribution in [1.29, 1.82) is 0 Å². The molecule has 2 N–H and O–H groups in total. The van der Waals surface area contributed by atoms with Crippen LogP contribution in [0.5, 0.6) is 0 Å². The van der Waals surface area contributed by atoms with Crippen LogP contribution in [-0.4, -0.2) is 18.3 Å². The summed E-state index contributed by atoms with van der Waals surface area (Å²) in [7, 11) is 0. The van der Waals surface area contributed by atoms with Crippen molar-refractivity contribution in [1.82, 2.24) is 5.32 Å². The van der Waals surface area contributed by atoms with Gasteiger partial charge < -0.3 is 10.4 Å². The van der Waals surface area contributed by atoms with Crippen LogP contribution in [0, 0.1) is 5.41 Å². The van der Waals surface area contributed by atoms with Gasteiger partial charge in [-0.3, -0.25) is 0 Å². The number of hydrogen-bond acceptors (Lipinski definition) is 2. The Morgan fingerprint density at radius 3 is 2.94 bits per heavy atom. The van der Waals surface area contributed by atoms with Crippen molar-refractivity contribution in [2.24, 2.45) is 5.41 Å². The highest BCUT2D eigenvalue weighted by atomic mass is 79.9. The van der Waals surface area contributed by atoms with Crippen LogP contribution in [0.1, 0.15) is 42.9 Å². The third-order valence-electron chi connectivity index (χ3n) is 4.54. The Bertz CT molecular complexity index is 442. The first-order valence-electron chi connectivity index (χ1n) is 6.86. The van der Waals surface area contributed by atoms with E-state index in [0.29, 0.717) is 18.1 Å². The maximum absolute atomic E-state index is 9.09. The maximum Gasteiger partial charge on any atom is 0.0436 e. The largest absolute Gasteiger partial charge is 0.396 e. The van der Waals surface area contributed by atoms with Gasteiger partial charge in [0.2, 0.25) is 0 Å². The lowest BCUT2D eigenvalue weighted by molar-refractivity contribution is 0.242. The van der Waals surface area contributed by atoms with Crippen LogP contribution in [0.3, 0.4) is 0 Å². The second-order valence-corrected chi connectivity index (χ2v) is 6.61. The van der Waals surface area contributed by atoms with Crippen LogP contribution in [0.15, 0.2) is 22.7 Å². The van der Waals surface area contributed by atoms with E-state index in [1.165, 1.54) is 41.3 Å². The molecule has 0 spiro atoms. The van der Waals surface area contributed by atoms with Crippen molar-refractivity contribution >= 4 is 15.9 Å². The van der Waals surface area contributed by atoms with Gasteiger partial charge in [0, 0.05) is 23.7 Å². The molecule has 2 aliphatic carbocycles. The Labute approximate surface area is 117 Å². The third kappa shape index (κ3) is 2.36. The summed E-state index contributed by atoms with van der Waals surface area (Å²) in [6.45, 7) is 1.39. The van der Waals surface area contributed by atoms with E-state index < -0.39 is 0 Å². The van der Waals surface area contributed by atoms with Crippen LogP contribution >= 0.6 is 15.9 Å². The highest BCUT2D eigenvalue weighted by Crippen LogP contribution is 2.48. The minimum atomic E-state index is 0.328. The molecule has 1 saturated carbocycles. The first kappa shape index (κ1) is 12.6. The molecule has 18 heavy (non-hydrogen) atoms. The monoisotopic (exact) mass is 309 g/mol. The predicted molar refractivity (Wildman–Crippen MR) is 76.6 cm³/mol. The van der Waals surface area contributed by atoms with E-state index >= 15 is 0 Å². The number of nitrogens with one attached hydrogen (secondary N) is 1. The van der Waals surface area contributed by atoms with E-state index in [0.717, 1.165) is 13.0 Å². The normalized spacial score (nSPS) is 24.0. The molecule has 2 aliphatic rings. The van der Waals surface area contributed by atoms with Crippen molar-refractivity contribution in [2.45, 2.75) is 38.1 Å². The molecular weight excluding hydrogens is 290 g/mol. The number of aliphatic hydroxyl groups excluding tert-OH is 1. The molecule has 0 amide bonds. The summed E-state index contributed by atoms with van der Waals surface area (Å²) in [5.41, 5.74) is 3.34. The molecule has 2 nitrogen and oxygen atoms in total. The molecule has 3 heteroatoms. The molecular formula is C15H20BrNO. The van der Waals surface area contributed by atoms with Crippen LogP contribution in [-0.2, 0) is 6.42 Å². The number of hydrogen-bond donors (Lipinski definition) is 2. The zero-order valence-electron chi connectivity index (χ0n) is 10.6. The van der Waals surface area contributed by atoms with Gasteiger partial charge in [0.25, 0.3) is 0 Å². The highest BCUT2D eigenvalue weighted by molar-refractivity contribution is 9.10. The summed E-state index contributed by atoms with van der Waals surface area (Å²) in [5.74, 6) is 0. The highest BCUT2D eigenvalue weighted by Gasteiger charge is 2.42. The van der Waals surface area contributed by atoms with E-state index in [2.05, 4.69) is 39.4 Å². The van der Waals surface area contributed by atoms with E-state index in [4.69, 9.17) is 5.11 Å². The summed E-state index contributed by atoms with van der Waals surface area (Å²) in [6, 6.07) is 7.02. The van der Waals surface area contributed by atoms with E-state index in [9.17, 15) is 0 Å². The van der Waals surface area contributed by atoms with Gasteiger partial charge in [0.15, 0.2) is 0 Å². The maximum atomic E-state index is 9.09. The lowest BCUT2D eigenvalue weighted by Gasteiger charge is -2.19. The predicted octanol–water partition coefficient (Wildman–Crippen LogP) is 3.19. The Morgan fingerprint density at radius 1 is 1.39 bits per heavy atom. The van der Waals surface area contributed by atoms with Gasteiger partial charge in [-0.15, -0.1) is 0 Å². The minimum Gasteiger partial charge on any atom is -0.396 e. The van der Waals surface area contributed by atoms with Gasteiger partial charge >= 0.3 is 0 Å². The standard InChI is InChI=1S/C15H20BrNO/c16-13-3-1-2-12-11(13)4-5-14(12)17-10-15(6-7-15)8-9-18/h1-3,14,17-18H,4-10H2. The van der Waals surface area contributed by atoms with Crippen LogP contribution in [0.2, 0.25) is 0 Å². The Balaban J connectivity index is 1.65. The lowest BCUT2D eigenvalue weighted by atomic mass is 10.0. The van der Waals surface area contributed by atoms with Crippen molar-refractivity contribution in [2.75, 3.05) is 13.2 Å². The first-order valence-corrected chi connectivity index (χ1v) is 7.65. The molecule has 0 saturated heterocycles. The van der Waals surface area contributed by atoms with E-state index in [1.807, 2.05) is 0 Å². The van der Waals surface area contributed by atoms with Crippen molar-refractivity contribution in [3.8, 4) is 0 Å². The molecule has 0 aliphatic heterocycles. The minimum absolute atomic E-state index is 0.328. The smallest absolute Gasteiger partial charge is 0.0436 e. The van der Waals surface area contributed by atoms with Crippen LogP contribution in [0.25, 0.3) is 0 Å². The van der Waals surface area contributed by atoms with Gasteiger partial charge in [-0.25, -0.2) is 0 Å². The zero-order chi connectivity index (χ0) is 12.6. The molecule has 0 aromatic heterocycles. The molecule has 0 radical (unpaired) electrons. The summed E-state index contributed by atoms with van der Waals surface area (Å²) < 4.78 is 1.25. The third-order valence-corrected chi connectivity index (χ3v) is 5.28. The molecule has 1 unspecified atom stereocenters. The number of benzene rings is 1. The molecule has 1 aromatic rings. The molecule has 0 bridgehead atoms. The average Bonchev–Trinajstić information content (AvgIpc) is 3.00. The van der Waals surface area contributed by atoms with E-state index in [-0.39, 0.29) is 0 Å². The number of aliphatic hydroxyl groups is 1. The summed E-state index contributed by atoms with van der Waals surface area (Å²) >= 11 is 3.64. The molecule has 1 atom stereocenters. The Hall–Kier alpha value is -0.380. The van der Waals surface area contributed by atoms with Crippen LogP contribution < -0.4 is 5.32 Å². The van der Waals surface area contributed by atoms with Gasteiger partial charge in [0.1, 0.15) is 0 Å². The summed E-state index contributed by atoms with van der Waals surface area (Å²) in [4.78, 5) is 0. The molecule has 3 rings (SSSR count). The summed E-state index contributed by atoms with van der Waals surface area (Å²) in [6.07, 6.45) is 5.88. The average molecular weight is 310 g/mol. The Morgan fingerprint density at radius 2 is 2.22 bits per heavy atom. The van der Waals surface area contributed by atoms with Gasteiger partial charge in [-0.1, -0.05) is 28.1 Å².